The van der Waals surface area contributed by atoms with Gasteiger partial charge < -0.3 is 19.1 Å². The molecule has 0 radical (unpaired) electrons. The molecule has 0 aliphatic carbocycles. The van der Waals surface area contributed by atoms with E-state index in [2.05, 4.69) is 4.74 Å². The molecule has 126 valence electrons. The van der Waals surface area contributed by atoms with Gasteiger partial charge in [0.2, 0.25) is 5.83 Å². The molecule has 0 aromatic carbocycles. The normalized spacial score (nSPS) is 21.9. The summed E-state index contributed by atoms with van der Waals surface area (Å²) in [6, 6.07) is 0. The highest BCUT2D eigenvalue weighted by molar-refractivity contribution is 5.87. The summed E-state index contributed by atoms with van der Waals surface area (Å²) < 4.78 is 29.4. The summed E-state index contributed by atoms with van der Waals surface area (Å²) >= 11 is 0. The third-order valence-corrected chi connectivity index (χ3v) is 2.82. The van der Waals surface area contributed by atoms with Crippen molar-refractivity contribution in [1.82, 2.24) is 4.90 Å². The lowest BCUT2D eigenvalue weighted by molar-refractivity contribution is -0.140. The number of esters is 1. The topological polar surface area (TPSA) is 65.1 Å². The van der Waals surface area contributed by atoms with Gasteiger partial charge in [-0.25, -0.2) is 9.59 Å². The van der Waals surface area contributed by atoms with Gasteiger partial charge in [0.15, 0.2) is 0 Å². The van der Waals surface area contributed by atoms with Gasteiger partial charge in [0, 0.05) is 5.57 Å². The molecule has 7 heteroatoms. The van der Waals surface area contributed by atoms with Crippen LogP contribution in [-0.2, 0) is 19.0 Å². The zero-order chi connectivity index (χ0) is 16.9. The van der Waals surface area contributed by atoms with Crippen LogP contribution in [0.25, 0.3) is 0 Å². The maximum atomic E-state index is 14.1. The molecule has 22 heavy (non-hydrogen) atoms. The van der Waals surface area contributed by atoms with Crippen LogP contribution in [0.15, 0.2) is 11.4 Å². The second-order valence-corrected chi connectivity index (χ2v) is 6.12. The number of ether oxygens (including phenoxy) is 3. The first kappa shape index (κ1) is 18.4. The molecule has 0 spiro atoms. The predicted molar refractivity (Wildman–Crippen MR) is 78.0 cm³/mol. The Morgan fingerprint density at radius 1 is 1.41 bits per heavy atom. The number of hydrogen-bond donors (Lipinski definition) is 0. The molecular weight excluding hydrogens is 293 g/mol. The fraction of sp³-hybridized carbons (Fsp3) is 0.733. The van der Waals surface area contributed by atoms with Gasteiger partial charge in [-0.05, 0) is 34.6 Å². The van der Waals surface area contributed by atoms with E-state index >= 15 is 0 Å². The molecule has 0 aromatic heterocycles. The molecule has 1 rings (SSSR count). The molecule has 0 N–H and O–H groups in total. The van der Waals surface area contributed by atoms with Gasteiger partial charge in [0.25, 0.3) is 0 Å². The molecule has 6 nitrogen and oxygen atoms in total. The van der Waals surface area contributed by atoms with E-state index in [0.29, 0.717) is 0 Å². The van der Waals surface area contributed by atoms with Crippen molar-refractivity contribution in [2.75, 3.05) is 26.3 Å². The van der Waals surface area contributed by atoms with Crippen LogP contribution in [0.4, 0.5) is 9.18 Å². The molecule has 0 bridgehead atoms. The van der Waals surface area contributed by atoms with Crippen molar-refractivity contribution in [1.29, 1.82) is 0 Å². The van der Waals surface area contributed by atoms with Crippen LogP contribution in [0.1, 0.15) is 34.6 Å². The highest BCUT2D eigenvalue weighted by Gasteiger charge is 2.29. The van der Waals surface area contributed by atoms with Gasteiger partial charge in [-0.2, -0.15) is 4.39 Å². The molecule has 1 saturated heterocycles. The Morgan fingerprint density at radius 3 is 2.59 bits per heavy atom. The Balaban J connectivity index is 2.93. The molecule has 1 atom stereocenters. The number of halogens is 1. The molecule has 0 unspecified atom stereocenters. The lowest BCUT2D eigenvalue weighted by Gasteiger charge is -2.27. The van der Waals surface area contributed by atoms with E-state index in [9.17, 15) is 14.0 Å². The number of amides is 1. The summed E-state index contributed by atoms with van der Waals surface area (Å²) in [5, 5.41) is 0. The van der Waals surface area contributed by atoms with E-state index in [4.69, 9.17) is 9.47 Å². The molecule has 0 saturated carbocycles. The quantitative estimate of drug-likeness (QED) is 0.578. The van der Waals surface area contributed by atoms with Crippen LogP contribution in [0.3, 0.4) is 0 Å². The lowest BCUT2D eigenvalue weighted by Crippen LogP contribution is -2.40. The third-order valence-electron chi connectivity index (χ3n) is 2.82. The van der Waals surface area contributed by atoms with Crippen molar-refractivity contribution in [3.63, 3.8) is 0 Å². The lowest BCUT2D eigenvalue weighted by atomic mass is 10.2. The monoisotopic (exact) mass is 317 g/mol. The number of nitrogens with zero attached hydrogens (tertiary/aromatic N) is 1. The van der Waals surface area contributed by atoms with Gasteiger partial charge in [-0.1, -0.05) is 0 Å². The summed E-state index contributed by atoms with van der Waals surface area (Å²) in [6.45, 7) is 8.81. The SMILES string of the molecule is CCOC(=O)/C(F)=C1\CO[C@H](C)CN(C(=O)OC(C)(C)C)C1. The zero-order valence-electron chi connectivity index (χ0n) is 13.8. The highest BCUT2D eigenvalue weighted by Crippen LogP contribution is 2.19. The summed E-state index contributed by atoms with van der Waals surface area (Å²) in [4.78, 5) is 25.0. The number of carbonyl (C=O) groups is 2. The smallest absolute Gasteiger partial charge is 0.410 e. The van der Waals surface area contributed by atoms with E-state index < -0.39 is 23.5 Å². The second-order valence-electron chi connectivity index (χ2n) is 6.12. The van der Waals surface area contributed by atoms with E-state index in [0.717, 1.165) is 0 Å². The largest absolute Gasteiger partial charge is 0.461 e. The summed E-state index contributed by atoms with van der Waals surface area (Å²) in [5.41, 5.74) is -0.578. The van der Waals surface area contributed by atoms with Crippen LogP contribution in [0.5, 0.6) is 0 Å². The van der Waals surface area contributed by atoms with E-state index in [-0.39, 0.29) is 38.0 Å². The number of rotatable bonds is 2. The first-order chi connectivity index (χ1) is 10.1. The molecule has 1 fully saturated rings. The van der Waals surface area contributed by atoms with Gasteiger partial charge in [-0.3, -0.25) is 0 Å². The van der Waals surface area contributed by atoms with Gasteiger partial charge in [0.05, 0.1) is 32.4 Å². The molecule has 1 aliphatic rings. The zero-order valence-corrected chi connectivity index (χ0v) is 13.8. The maximum Gasteiger partial charge on any atom is 0.410 e. The summed E-state index contributed by atoms with van der Waals surface area (Å²) in [5.74, 6) is -2.05. The standard InChI is InChI=1S/C15H24FNO5/c1-6-20-13(18)12(16)11-8-17(7-10(2)21-9-11)14(19)22-15(3,4)5/h10H,6-9H2,1-5H3/b12-11+/t10-/m1/s1. The maximum absolute atomic E-state index is 14.1. The summed E-state index contributed by atoms with van der Waals surface area (Å²) in [6.07, 6.45) is -0.862. The number of carbonyl (C=O) groups excluding carboxylic acids is 2. The van der Waals surface area contributed by atoms with E-state index in [1.807, 2.05) is 0 Å². The van der Waals surface area contributed by atoms with Crippen LogP contribution < -0.4 is 0 Å². The number of hydrogen-bond acceptors (Lipinski definition) is 5. The Hall–Kier alpha value is -1.63. The highest BCUT2D eigenvalue weighted by atomic mass is 19.1. The van der Waals surface area contributed by atoms with E-state index in [1.165, 1.54) is 4.90 Å². The average molecular weight is 317 g/mol. The van der Waals surface area contributed by atoms with Crippen LogP contribution in [0, 0.1) is 0 Å². The van der Waals surface area contributed by atoms with Crippen LogP contribution in [0.2, 0.25) is 0 Å². The first-order valence-corrected chi connectivity index (χ1v) is 7.28. The fourth-order valence-electron chi connectivity index (χ4n) is 1.88. The summed E-state index contributed by atoms with van der Waals surface area (Å²) in [7, 11) is 0. The van der Waals surface area contributed by atoms with Crippen molar-refractivity contribution in [2.45, 2.75) is 46.3 Å². The van der Waals surface area contributed by atoms with Crippen molar-refractivity contribution in [3.8, 4) is 0 Å². The third kappa shape index (κ3) is 5.63. The van der Waals surface area contributed by atoms with Gasteiger partial charge >= 0.3 is 12.1 Å². The Bertz CT molecular complexity index is 455. The minimum Gasteiger partial charge on any atom is -0.461 e. The minimum atomic E-state index is -1.04. The molecule has 1 amide bonds. The Morgan fingerprint density at radius 2 is 2.05 bits per heavy atom. The minimum absolute atomic E-state index is 0.0644. The van der Waals surface area contributed by atoms with Crippen molar-refractivity contribution in [3.05, 3.63) is 11.4 Å². The fourth-order valence-corrected chi connectivity index (χ4v) is 1.88. The van der Waals surface area contributed by atoms with Crippen LogP contribution in [-0.4, -0.2) is 55.0 Å². The Kier molecular flexibility index (Phi) is 6.34. The predicted octanol–water partition coefficient (Wildman–Crippen LogP) is 2.43. The van der Waals surface area contributed by atoms with E-state index in [1.54, 1.807) is 34.6 Å². The van der Waals surface area contributed by atoms with Crippen molar-refractivity contribution >= 4 is 12.1 Å². The van der Waals surface area contributed by atoms with Crippen molar-refractivity contribution < 1.29 is 28.2 Å². The van der Waals surface area contributed by atoms with Gasteiger partial charge in [0.1, 0.15) is 5.60 Å². The molecule has 1 aliphatic heterocycles. The molecular formula is C15H24FNO5. The Labute approximate surface area is 130 Å². The average Bonchev–Trinajstić information content (AvgIpc) is 2.58. The molecule has 1 heterocycles. The molecule has 0 aromatic rings. The van der Waals surface area contributed by atoms with Gasteiger partial charge in [-0.15, -0.1) is 0 Å². The first-order valence-electron chi connectivity index (χ1n) is 7.28. The second kappa shape index (κ2) is 7.58. The van der Waals surface area contributed by atoms with Crippen molar-refractivity contribution in [2.24, 2.45) is 0 Å². The van der Waals surface area contributed by atoms with Crippen LogP contribution >= 0.6 is 0 Å².